The van der Waals surface area contributed by atoms with Crippen LogP contribution in [0.2, 0.25) is 0 Å². The normalized spacial score (nSPS) is 28.4. The van der Waals surface area contributed by atoms with Crippen molar-refractivity contribution in [2.24, 2.45) is 5.41 Å². The van der Waals surface area contributed by atoms with Crippen LogP contribution in [-0.4, -0.2) is 37.0 Å². The molecule has 4 heteroatoms. The Balaban J connectivity index is 2.66. The van der Waals surface area contributed by atoms with Gasteiger partial charge in [0.1, 0.15) is 0 Å². The quantitative estimate of drug-likeness (QED) is 0.746. The molecule has 1 amide bonds. The molecule has 1 fully saturated rings. The minimum absolute atomic E-state index is 0.0449. The second-order valence-corrected chi connectivity index (χ2v) is 4.41. The molecule has 1 N–H and O–H groups in total. The minimum atomic E-state index is -0.320. The van der Waals surface area contributed by atoms with Crippen molar-refractivity contribution in [1.82, 2.24) is 10.2 Å². The van der Waals surface area contributed by atoms with Crippen molar-refractivity contribution >= 4 is 5.91 Å². The molecule has 1 heterocycles. The summed E-state index contributed by atoms with van der Waals surface area (Å²) in [6, 6.07) is 2.24. The summed E-state index contributed by atoms with van der Waals surface area (Å²) < 4.78 is 0. The highest BCUT2D eigenvalue weighted by atomic mass is 16.2. The molecule has 84 valence electrons. The van der Waals surface area contributed by atoms with Gasteiger partial charge in [-0.3, -0.25) is 9.69 Å². The Kier molecular flexibility index (Phi) is 3.70. The number of amides is 1. The molecule has 1 rings (SSSR count). The standard InChI is InChI=1S/C11H19N3O/c1-4-9(7-12)14-6-5-11(2,8-14)10(15)13-3/h9H,4-6,8H2,1-3H3,(H,13,15). The molecule has 0 bridgehead atoms. The lowest BCUT2D eigenvalue weighted by atomic mass is 9.89. The van der Waals surface area contributed by atoms with Crippen LogP contribution in [0.1, 0.15) is 26.7 Å². The van der Waals surface area contributed by atoms with Crippen LogP contribution in [0.4, 0.5) is 0 Å². The number of likely N-dealkylation sites (tertiary alicyclic amines) is 1. The maximum absolute atomic E-state index is 11.7. The largest absolute Gasteiger partial charge is 0.359 e. The van der Waals surface area contributed by atoms with Gasteiger partial charge >= 0.3 is 0 Å². The molecule has 15 heavy (non-hydrogen) atoms. The lowest BCUT2D eigenvalue weighted by Crippen LogP contribution is -2.41. The van der Waals surface area contributed by atoms with Crippen LogP contribution in [0.25, 0.3) is 0 Å². The van der Waals surface area contributed by atoms with Gasteiger partial charge in [0.25, 0.3) is 0 Å². The predicted molar refractivity (Wildman–Crippen MR) is 58.1 cm³/mol. The van der Waals surface area contributed by atoms with Crippen LogP contribution in [0.5, 0.6) is 0 Å². The molecule has 4 nitrogen and oxygen atoms in total. The van der Waals surface area contributed by atoms with E-state index in [4.69, 9.17) is 5.26 Å². The summed E-state index contributed by atoms with van der Waals surface area (Å²) in [5, 5.41) is 11.7. The summed E-state index contributed by atoms with van der Waals surface area (Å²) >= 11 is 0. The van der Waals surface area contributed by atoms with Crippen molar-refractivity contribution in [2.45, 2.75) is 32.7 Å². The molecule has 1 aliphatic heterocycles. The van der Waals surface area contributed by atoms with Crippen LogP contribution >= 0.6 is 0 Å². The van der Waals surface area contributed by atoms with E-state index in [2.05, 4.69) is 16.3 Å². The molecule has 2 unspecified atom stereocenters. The lowest BCUT2D eigenvalue weighted by molar-refractivity contribution is -0.129. The first-order valence-electron chi connectivity index (χ1n) is 5.43. The first kappa shape index (κ1) is 12.0. The zero-order valence-electron chi connectivity index (χ0n) is 9.71. The number of hydrogen-bond donors (Lipinski definition) is 1. The second kappa shape index (κ2) is 4.63. The van der Waals surface area contributed by atoms with Gasteiger partial charge in [-0.15, -0.1) is 0 Å². The van der Waals surface area contributed by atoms with Crippen molar-refractivity contribution in [1.29, 1.82) is 5.26 Å². The Morgan fingerprint density at radius 2 is 2.40 bits per heavy atom. The highest BCUT2D eigenvalue weighted by molar-refractivity contribution is 5.82. The van der Waals surface area contributed by atoms with E-state index in [1.54, 1.807) is 7.05 Å². The highest BCUT2D eigenvalue weighted by Gasteiger charge is 2.41. The first-order chi connectivity index (χ1) is 7.07. The molecule has 0 aliphatic carbocycles. The molecular weight excluding hydrogens is 190 g/mol. The van der Waals surface area contributed by atoms with Crippen molar-refractivity contribution in [2.75, 3.05) is 20.1 Å². The molecule has 0 spiro atoms. The van der Waals surface area contributed by atoms with Gasteiger partial charge in [0.05, 0.1) is 17.5 Å². The van der Waals surface area contributed by atoms with E-state index in [0.717, 1.165) is 19.4 Å². The molecule has 1 saturated heterocycles. The van der Waals surface area contributed by atoms with Gasteiger partial charge in [-0.25, -0.2) is 0 Å². The summed E-state index contributed by atoms with van der Waals surface area (Å²) in [5.41, 5.74) is -0.320. The molecule has 1 aliphatic rings. The van der Waals surface area contributed by atoms with Crippen molar-refractivity contribution in [3.8, 4) is 6.07 Å². The number of carbonyl (C=O) groups is 1. The predicted octanol–water partition coefficient (Wildman–Crippen LogP) is 0.747. The average Bonchev–Trinajstić information content (AvgIpc) is 2.63. The molecule has 0 aromatic rings. The van der Waals surface area contributed by atoms with Crippen LogP contribution in [0, 0.1) is 16.7 Å². The molecule has 0 aromatic carbocycles. The zero-order valence-corrected chi connectivity index (χ0v) is 9.71. The van der Waals surface area contributed by atoms with E-state index in [-0.39, 0.29) is 17.4 Å². The van der Waals surface area contributed by atoms with E-state index < -0.39 is 0 Å². The smallest absolute Gasteiger partial charge is 0.227 e. The zero-order chi connectivity index (χ0) is 11.5. The minimum Gasteiger partial charge on any atom is -0.359 e. The summed E-state index contributed by atoms with van der Waals surface area (Å²) in [5.74, 6) is 0.0813. The molecule has 0 saturated carbocycles. The Hall–Kier alpha value is -1.08. The van der Waals surface area contributed by atoms with Gasteiger partial charge in [-0.1, -0.05) is 6.92 Å². The summed E-state index contributed by atoms with van der Waals surface area (Å²) in [6.45, 7) is 5.51. The average molecular weight is 209 g/mol. The molecule has 2 atom stereocenters. The first-order valence-corrected chi connectivity index (χ1v) is 5.43. The number of hydrogen-bond acceptors (Lipinski definition) is 3. The number of nitriles is 1. The third-order valence-electron chi connectivity index (χ3n) is 3.25. The number of carbonyl (C=O) groups excluding carboxylic acids is 1. The van der Waals surface area contributed by atoms with Gasteiger partial charge in [-0.2, -0.15) is 5.26 Å². The second-order valence-electron chi connectivity index (χ2n) is 4.41. The Morgan fingerprint density at radius 3 is 2.87 bits per heavy atom. The Labute approximate surface area is 91.2 Å². The lowest BCUT2D eigenvalue weighted by Gasteiger charge is -2.24. The molecule has 0 aromatic heterocycles. The van der Waals surface area contributed by atoms with Crippen molar-refractivity contribution in [3.05, 3.63) is 0 Å². The summed E-state index contributed by atoms with van der Waals surface area (Å²) in [6.07, 6.45) is 1.66. The van der Waals surface area contributed by atoms with Crippen molar-refractivity contribution < 1.29 is 4.79 Å². The van der Waals surface area contributed by atoms with Gasteiger partial charge in [0.2, 0.25) is 5.91 Å². The fourth-order valence-electron chi connectivity index (χ4n) is 2.18. The Bertz CT molecular complexity index is 284. The maximum Gasteiger partial charge on any atom is 0.227 e. The van der Waals surface area contributed by atoms with Crippen LogP contribution in [-0.2, 0) is 4.79 Å². The third kappa shape index (κ3) is 2.29. The van der Waals surface area contributed by atoms with Crippen molar-refractivity contribution in [3.63, 3.8) is 0 Å². The topological polar surface area (TPSA) is 56.1 Å². The Morgan fingerprint density at radius 1 is 1.73 bits per heavy atom. The van der Waals surface area contributed by atoms with Crippen LogP contribution < -0.4 is 5.32 Å². The number of nitrogens with zero attached hydrogens (tertiary/aromatic N) is 2. The fraction of sp³-hybridized carbons (Fsp3) is 0.818. The van der Waals surface area contributed by atoms with Gasteiger partial charge in [-0.05, 0) is 19.8 Å². The monoisotopic (exact) mass is 209 g/mol. The van der Waals surface area contributed by atoms with E-state index in [0.29, 0.717) is 6.54 Å². The maximum atomic E-state index is 11.7. The molecular formula is C11H19N3O. The van der Waals surface area contributed by atoms with Gasteiger partial charge in [0.15, 0.2) is 0 Å². The summed E-state index contributed by atoms with van der Waals surface area (Å²) in [7, 11) is 1.66. The van der Waals surface area contributed by atoms with Gasteiger partial charge < -0.3 is 5.32 Å². The highest BCUT2D eigenvalue weighted by Crippen LogP contribution is 2.31. The van der Waals surface area contributed by atoms with Crippen LogP contribution in [0.15, 0.2) is 0 Å². The third-order valence-corrected chi connectivity index (χ3v) is 3.25. The van der Waals surface area contributed by atoms with E-state index in [1.807, 2.05) is 13.8 Å². The fourth-order valence-corrected chi connectivity index (χ4v) is 2.18. The SMILES string of the molecule is CCC(C#N)N1CCC(C)(C(=O)NC)C1. The summed E-state index contributed by atoms with van der Waals surface area (Å²) in [4.78, 5) is 13.8. The van der Waals surface area contributed by atoms with E-state index in [1.165, 1.54) is 0 Å². The van der Waals surface area contributed by atoms with Crippen LogP contribution in [0.3, 0.4) is 0 Å². The van der Waals surface area contributed by atoms with E-state index >= 15 is 0 Å². The number of nitrogens with one attached hydrogen (secondary N) is 1. The van der Waals surface area contributed by atoms with E-state index in [9.17, 15) is 4.79 Å². The van der Waals surface area contributed by atoms with Gasteiger partial charge in [0, 0.05) is 20.1 Å². The molecule has 0 radical (unpaired) electrons. The number of rotatable bonds is 3.